The Bertz CT molecular complexity index is 406. The smallest absolute Gasteiger partial charge is 0.0408 e. The number of rotatable bonds is 5. The van der Waals surface area contributed by atoms with Crippen LogP contribution in [0.1, 0.15) is 57.9 Å². The minimum Gasteiger partial charge on any atom is -0.316 e. The molecule has 0 aliphatic heterocycles. The lowest BCUT2D eigenvalue weighted by Gasteiger charge is -2.34. The molecular formula is C18H28ClN. The molecule has 1 N–H and O–H groups in total. The van der Waals surface area contributed by atoms with Gasteiger partial charge in [-0.1, -0.05) is 63.3 Å². The summed E-state index contributed by atoms with van der Waals surface area (Å²) in [6, 6.07) is 8.54. The van der Waals surface area contributed by atoms with Crippen LogP contribution in [0, 0.1) is 5.92 Å². The summed E-state index contributed by atoms with van der Waals surface area (Å²) in [7, 11) is 0. The maximum Gasteiger partial charge on any atom is 0.0408 e. The lowest BCUT2D eigenvalue weighted by Crippen LogP contribution is -2.39. The Morgan fingerprint density at radius 1 is 1.15 bits per heavy atom. The van der Waals surface area contributed by atoms with Crippen LogP contribution in [0.4, 0.5) is 0 Å². The van der Waals surface area contributed by atoms with Gasteiger partial charge in [0, 0.05) is 17.0 Å². The zero-order chi connectivity index (χ0) is 14.4. The zero-order valence-electron chi connectivity index (χ0n) is 12.9. The van der Waals surface area contributed by atoms with Gasteiger partial charge in [-0.25, -0.2) is 0 Å². The number of halogens is 1. The van der Waals surface area contributed by atoms with Crippen LogP contribution in [0.25, 0.3) is 0 Å². The number of benzene rings is 1. The van der Waals surface area contributed by atoms with Crippen molar-refractivity contribution in [2.24, 2.45) is 5.92 Å². The molecule has 0 amide bonds. The molecule has 0 aromatic heterocycles. The van der Waals surface area contributed by atoms with E-state index >= 15 is 0 Å². The van der Waals surface area contributed by atoms with E-state index in [0.717, 1.165) is 18.1 Å². The molecule has 1 aliphatic rings. The molecular weight excluding hydrogens is 266 g/mol. The summed E-state index contributed by atoms with van der Waals surface area (Å²) < 4.78 is 0. The van der Waals surface area contributed by atoms with E-state index < -0.39 is 0 Å². The van der Waals surface area contributed by atoms with Crippen LogP contribution in [0.15, 0.2) is 24.3 Å². The monoisotopic (exact) mass is 293 g/mol. The second-order valence-electron chi connectivity index (χ2n) is 6.73. The van der Waals surface area contributed by atoms with Crippen LogP contribution in [0.5, 0.6) is 0 Å². The minimum atomic E-state index is 0.288. The van der Waals surface area contributed by atoms with Crippen molar-refractivity contribution in [3.8, 4) is 0 Å². The molecule has 1 aromatic carbocycles. The molecule has 1 nitrogen and oxygen atoms in total. The lowest BCUT2D eigenvalue weighted by atomic mass is 9.74. The quantitative estimate of drug-likeness (QED) is 0.738. The molecule has 0 spiro atoms. The summed E-state index contributed by atoms with van der Waals surface area (Å²) in [6.07, 6.45) is 8.03. The SMILES string of the molecule is CC(C)CNCC1(c2cccc(Cl)c2)CCCCCC1. The second kappa shape index (κ2) is 7.47. The fourth-order valence-corrected chi connectivity index (χ4v) is 3.58. The van der Waals surface area contributed by atoms with Crippen LogP contribution >= 0.6 is 11.6 Å². The Balaban J connectivity index is 2.18. The molecule has 0 atom stereocenters. The first kappa shape index (κ1) is 15.9. The molecule has 0 heterocycles. The van der Waals surface area contributed by atoms with Gasteiger partial charge in [0.05, 0.1) is 0 Å². The maximum absolute atomic E-state index is 6.23. The first-order valence-electron chi connectivity index (χ1n) is 8.09. The molecule has 20 heavy (non-hydrogen) atoms. The Morgan fingerprint density at radius 3 is 2.45 bits per heavy atom. The van der Waals surface area contributed by atoms with Gasteiger partial charge in [0.15, 0.2) is 0 Å². The molecule has 0 bridgehead atoms. The first-order chi connectivity index (χ1) is 9.62. The molecule has 0 unspecified atom stereocenters. The predicted octanol–water partition coefficient (Wildman–Crippen LogP) is 5.18. The third-order valence-corrected chi connectivity index (χ3v) is 4.75. The molecule has 1 saturated carbocycles. The summed E-state index contributed by atoms with van der Waals surface area (Å²) in [5.41, 5.74) is 1.72. The van der Waals surface area contributed by atoms with Gasteiger partial charge in [0.2, 0.25) is 0 Å². The molecule has 1 aliphatic carbocycles. The summed E-state index contributed by atoms with van der Waals surface area (Å²) in [5.74, 6) is 0.706. The number of hydrogen-bond acceptors (Lipinski definition) is 1. The second-order valence-corrected chi connectivity index (χ2v) is 7.17. The highest BCUT2D eigenvalue weighted by atomic mass is 35.5. The van der Waals surface area contributed by atoms with Gasteiger partial charge in [-0.05, 0) is 43.0 Å². The molecule has 112 valence electrons. The van der Waals surface area contributed by atoms with E-state index in [0.29, 0.717) is 5.92 Å². The van der Waals surface area contributed by atoms with Crippen molar-refractivity contribution in [3.63, 3.8) is 0 Å². The Hall–Kier alpha value is -0.530. The Labute approximate surface area is 129 Å². The standard InChI is InChI=1S/C18H28ClN/c1-15(2)13-20-14-18(10-5-3-4-6-11-18)16-8-7-9-17(19)12-16/h7-9,12,15,20H,3-6,10-11,13-14H2,1-2H3. The zero-order valence-corrected chi connectivity index (χ0v) is 13.7. The minimum absolute atomic E-state index is 0.288. The van der Waals surface area contributed by atoms with Crippen molar-refractivity contribution in [2.75, 3.05) is 13.1 Å². The van der Waals surface area contributed by atoms with Gasteiger partial charge in [-0.3, -0.25) is 0 Å². The molecule has 1 fully saturated rings. The summed E-state index contributed by atoms with van der Waals surface area (Å²) in [4.78, 5) is 0. The topological polar surface area (TPSA) is 12.0 Å². The van der Waals surface area contributed by atoms with E-state index in [2.05, 4.69) is 37.4 Å². The molecule has 1 aromatic rings. The highest BCUT2D eigenvalue weighted by molar-refractivity contribution is 6.30. The van der Waals surface area contributed by atoms with Gasteiger partial charge in [-0.15, -0.1) is 0 Å². The predicted molar refractivity (Wildman–Crippen MR) is 88.5 cm³/mol. The number of nitrogens with one attached hydrogen (secondary N) is 1. The van der Waals surface area contributed by atoms with Crippen LogP contribution in [-0.2, 0) is 5.41 Å². The first-order valence-corrected chi connectivity index (χ1v) is 8.47. The van der Waals surface area contributed by atoms with E-state index in [-0.39, 0.29) is 5.41 Å². The van der Waals surface area contributed by atoms with Gasteiger partial charge >= 0.3 is 0 Å². The Kier molecular flexibility index (Phi) is 5.92. The van der Waals surface area contributed by atoms with Crippen molar-refractivity contribution in [3.05, 3.63) is 34.9 Å². The fraction of sp³-hybridized carbons (Fsp3) is 0.667. The van der Waals surface area contributed by atoms with Gasteiger partial charge in [0.25, 0.3) is 0 Å². The van der Waals surface area contributed by atoms with Crippen molar-refractivity contribution >= 4 is 11.6 Å². The lowest BCUT2D eigenvalue weighted by molar-refractivity contribution is 0.340. The van der Waals surface area contributed by atoms with Crippen molar-refractivity contribution in [1.29, 1.82) is 0 Å². The largest absolute Gasteiger partial charge is 0.316 e. The summed E-state index contributed by atoms with van der Waals surface area (Å²) in [5, 5.41) is 4.57. The van der Waals surface area contributed by atoms with Crippen molar-refractivity contribution in [1.82, 2.24) is 5.32 Å². The highest BCUT2D eigenvalue weighted by Crippen LogP contribution is 2.38. The van der Waals surface area contributed by atoms with E-state index in [1.54, 1.807) is 0 Å². The van der Waals surface area contributed by atoms with E-state index in [1.807, 2.05) is 6.07 Å². The third-order valence-electron chi connectivity index (χ3n) is 4.51. The van der Waals surface area contributed by atoms with Crippen LogP contribution in [0.3, 0.4) is 0 Å². The number of hydrogen-bond donors (Lipinski definition) is 1. The summed E-state index contributed by atoms with van der Waals surface area (Å²) in [6.45, 7) is 6.73. The Morgan fingerprint density at radius 2 is 1.85 bits per heavy atom. The molecule has 0 saturated heterocycles. The normalized spacial score (nSPS) is 19.0. The highest BCUT2D eigenvalue weighted by Gasteiger charge is 2.32. The molecule has 2 rings (SSSR count). The van der Waals surface area contributed by atoms with Gasteiger partial charge in [-0.2, -0.15) is 0 Å². The molecule has 0 radical (unpaired) electrons. The van der Waals surface area contributed by atoms with Crippen LogP contribution < -0.4 is 5.32 Å². The molecule has 2 heteroatoms. The average molecular weight is 294 g/mol. The van der Waals surface area contributed by atoms with E-state index in [1.165, 1.54) is 44.1 Å². The third kappa shape index (κ3) is 4.23. The van der Waals surface area contributed by atoms with Crippen LogP contribution in [0.2, 0.25) is 5.02 Å². The van der Waals surface area contributed by atoms with Gasteiger partial charge in [0.1, 0.15) is 0 Å². The van der Waals surface area contributed by atoms with Crippen molar-refractivity contribution < 1.29 is 0 Å². The summed E-state index contributed by atoms with van der Waals surface area (Å²) >= 11 is 6.23. The maximum atomic E-state index is 6.23. The average Bonchev–Trinajstić information content (AvgIpc) is 2.65. The van der Waals surface area contributed by atoms with E-state index in [9.17, 15) is 0 Å². The van der Waals surface area contributed by atoms with Crippen LogP contribution in [-0.4, -0.2) is 13.1 Å². The van der Waals surface area contributed by atoms with Crippen molar-refractivity contribution in [2.45, 2.75) is 57.8 Å². The fourth-order valence-electron chi connectivity index (χ4n) is 3.39. The van der Waals surface area contributed by atoms with E-state index in [4.69, 9.17) is 11.6 Å². The van der Waals surface area contributed by atoms with Gasteiger partial charge < -0.3 is 5.32 Å².